The summed E-state index contributed by atoms with van der Waals surface area (Å²) in [4.78, 5) is 0. The molecule has 75 heavy (non-hydrogen) atoms. The molecule has 0 aliphatic carbocycles. The van der Waals surface area contributed by atoms with Gasteiger partial charge in [0, 0.05) is 0 Å². The normalized spacial score (nSPS) is 12.1. The minimum Gasteiger partial charge on any atom is -0.698 e. The Balaban J connectivity index is 0.000000320. The fraction of sp³-hybridized carbons (Fsp3) is 0.500. The van der Waals surface area contributed by atoms with E-state index in [1.807, 2.05) is 0 Å². The van der Waals surface area contributed by atoms with Crippen molar-refractivity contribution in [3.8, 4) is 44.5 Å². The summed E-state index contributed by atoms with van der Waals surface area (Å²) < 4.78 is 0. The average Bonchev–Trinajstić information content (AvgIpc) is 3.32. The molecule has 1 radical (unpaired) electrons. The van der Waals surface area contributed by atoms with E-state index < -0.39 is 0 Å². The number of nitrogens with one attached hydrogen (secondary N) is 2. The molecule has 0 saturated carbocycles. The first-order valence-electron chi connectivity index (χ1n) is 28.9. The Kier molecular flexibility index (Phi) is 22.0. The minimum absolute atomic E-state index is 0. The van der Waals surface area contributed by atoms with Gasteiger partial charge in [-0.15, -0.1) is 11.4 Å². The second-order valence-electron chi connectivity index (χ2n) is 25.6. The molecule has 407 valence electrons. The number of benzene rings is 6. The van der Waals surface area contributed by atoms with Crippen LogP contribution in [0.3, 0.4) is 0 Å². The van der Waals surface area contributed by atoms with Gasteiger partial charge in [0.25, 0.3) is 0 Å². The first-order chi connectivity index (χ1) is 34.5. The molecule has 6 aromatic rings. The molecule has 0 spiro atoms. The average molecular weight is 1050 g/mol. The summed E-state index contributed by atoms with van der Waals surface area (Å²) in [5.41, 5.74) is 46.5. The van der Waals surface area contributed by atoms with Crippen molar-refractivity contribution >= 4 is 11.4 Å². The first kappa shape index (κ1) is 63.0. The third kappa shape index (κ3) is 13.8. The summed E-state index contributed by atoms with van der Waals surface area (Å²) in [5, 5.41) is 0. The van der Waals surface area contributed by atoms with Gasteiger partial charge < -0.3 is 11.5 Å². The van der Waals surface area contributed by atoms with Crippen LogP contribution >= 0.6 is 0 Å². The van der Waals surface area contributed by atoms with Crippen LogP contribution in [0, 0.1) is 0 Å². The molecule has 2 nitrogen and oxygen atoms in total. The van der Waals surface area contributed by atoms with Crippen LogP contribution in [0.1, 0.15) is 304 Å². The van der Waals surface area contributed by atoms with E-state index in [9.17, 15) is 11.5 Å². The van der Waals surface area contributed by atoms with Gasteiger partial charge in [0.15, 0.2) is 0 Å². The van der Waals surface area contributed by atoms with Gasteiger partial charge >= 0.3 is 16.8 Å². The largest absolute Gasteiger partial charge is 2.00 e. The molecule has 6 rings (SSSR count). The Morgan fingerprint density at radius 2 is 0.360 bits per heavy atom. The van der Waals surface area contributed by atoms with Gasteiger partial charge in [-0.3, -0.25) is 0 Å². The van der Waals surface area contributed by atoms with Gasteiger partial charge in [-0.2, -0.15) is 0 Å². The fourth-order valence-electron chi connectivity index (χ4n) is 11.0. The number of hydrogen-bond donors (Lipinski definition) is 0. The Bertz CT molecular complexity index is 2380. The van der Waals surface area contributed by atoms with E-state index in [-0.39, 0.29) is 16.8 Å². The summed E-state index contributed by atoms with van der Waals surface area (Å²) in [5.74, 6) is 5.01. The Morgan fingerprint density at radius 1 is 0.227 bits per heavy atom. The molecule has 0 aliphatic rings. The van der Waals surface area contributed by atoms with Crippen molar-refractivity contribution in [2.75, 3.05) is 0 Å². The van der Waals surface area contributed by atoms with Gasteiger partial charge in [-0.1, -0.05) is 251 Å². The van der Waals surface area contributed by atoms with Crippen molar-refractivity contribution in [2.45, 2.75) is 237 Å². The zero-order chi connectivity index (χ0) is 55.5. The molecule has 3 heteroatoms. The van der Waals surface area contributed by atoms with E-state index in [4.69, 9.17) is 0 Å². The summed E-state index contributed by atoms with van der Waals surface area (Å²) in [6.07, 6.45) is 0. The Hall–Kier alpha value is -4.57. The van der Waals surface area contributed by atoms with Crippen molar-refractivity contribution in [3.63, 3.8) is 0 Å². The SMILES string of the molecule is CC(C)c1cc(C(C)C)c(-c2cccc(-c3c(C(C)C)cc(C(C)C)cc3C(C)C)c2[NH-])c(C(C)C)c1.CC(C)c1cc(C(C)C)c(-c2cccc(-c3c(C(C)C)cc(C(C)C)cc3C(C)C)c2[NH-])c(C(C)C)c1.[Co+2]. The van der Waals surface area contributed by atoms with Crippen LogP contribution < -0.4 is 0 Å². The van der Waals surface area contributed by atoms with Crippen molar-refractivity contribution in [1.29, 1.82) is 0 Å². The smallest absolute Gasteiger partial charge is 0.698 e. The van der Waals surface area contributed by atoms with E-state index in [0.29, 0.717) is 82.4 Å². The molecule has 0 saturated heterocycles. The summed E-state index contributed by atoms with van der Waals surface area (Å²) >= 11 is 0. The summed E-state index contributed by atoms with van der Waals surface area (Å²) in [7, 11) is 0. The van der Waals surface area contributed by atoms with Gasteiger partial charge in [0.05, 0.1) is 0 Å². The molecular weight excluding hydrogens is 952 g/mol. The van der Waals surface area contributed by atoms with Crippen molar-refractivity contribution in [1.82, 2.24) is 0 Å². The predicted molar refractivity (Wildman–Crippen MR) is 332 cm³/mol. The molecule has 0 heterocycles. The predicted octanol–water partition coefficient (Wildman–Crippen LogP) is 24.9. The zero-order valence-electron chi connectivity index (χ0n) is 51.3. The quantitative estimate of drug-likeness (QED) is 0.0927. The standard InChI is InChI=1S/2C36H50N.Co/c2*1-20(2)26-16-30(22(5)6)34(31(17-26)23(7)8)28-14-13-15-29(36(28)37)35-32(24(9)10)18-27(21(3)4)19-33(35)25(11)12;/h2*13-25,37H,1-12H3;/q2*-1;+2. The first-order valence-corrected chi connectivity index (χ1v) is 28.9. The van der Waals surface area contributed by atoms with Gasteiger partial charge in [0.1, 0.15) is 0 Å². The van der Waals surface area contributed by atoms with E-state index in [1.54, 1.807) is 0 Å². The van der Waals surface area contributed by atoms with E-state index in [0.717, 1.165) is 22.3 Å². The van der Waals surface area contributed by atoms with Gasteiger partial charge in [-0.05, 0) is 182 Å². The molecule has 0 aromatic heterocycles. The van der Waals surface area contributed by atoms with E-state index in [1.165, 1.54) is 89.0 Å². The zero-order valence-corrected chi connectivity index (χ0v) is 52.4. The third-order valence-corrected chi connectivity index (χ3v) is 15.7. The van der Waals surface area contributed by atoms with E-state index >= 15 is 0 Å². The Labute approximate surface area is 470 Å². The topological polar surface area (TPSA) is 47.6 Å². The summed E-state index contributed by atoms with van der Waals surface area (Å²) in [6.45, 7) is 54.9. The van der Waals surface area contributed by atoms with Crippen molar-refractivity contribution in [3.05, 3.63) is 163 Å². The van der Waals surface area contributed by atoms with E-state index in [2.05, 4.69) is 251 Å². The van der Waals surface area contributed by atoms with Gasteiger partial charge in [0.2, 0.25) is 0 Å². The fourth-order valence-corrected chi connectivity index (χ4v) is 11.0. The van der Waals surface area contributed by atoms with Crippen molar-refractivity contribution < 1.29 is 16.8 Å². The maximum atomic E-state index is 9.65. The van der Waals surface area contributed by atoms with Crippen LogP contribution in [0.4, 0.5) is 11.4 Å². The molecule has 0 aliphatic heterocycles. The van der Waals surface area contributed by atoms with Crippen LogP contribution in [0.15, 0.2) is 84.9 Å². The Morgan fingerprint density at radius 3 is 0.467 bits per heavy atom. The van der Waals surface area contributed by atoms with Crippen LogP contribution in [0.2, 0.25) is 0 Å². The second-order valence-corrected chi connectivity index (χ2v) is 25.6. The molecular formula is C72H100CoN2. The minimum atomic E-state index is 0. The molecule has 0 unspecified atom stereocenters. The molecule has 0 amide bonds. The van der Waals surface area contributed by atoms with Crippen LogP contribution in [-0.4, -0.2) is 0 Å². The molecule has 0 bridgehead atoms. The van der Waals surface area contributed by atoms with Crippen molar-refractivity contribution in [2.24, 2.45) is 0 Å². The molecule has 0 fully saturated rings. The summed E-state index contributed by atoms with van der Waals surface area (Å²) in [6, 6.07) is 32.3. The maximum absolute atomic E-state index is 9.65. The monoisotopic (exact) mass is 1050 g/mol. The number of rotatable bonds is 16. The van der Waals surface area contributed by atoms with Gasteiger partial charge in [-0.25, -0.2) is 0 Å². The third-order valence-electron chi connectivity index (χ3n) is 15.7. The van der Waals surface area contributed by atoms with Crippen LogP contribution in [0.5, 0.6) is 0 Å². The van der Waals surface area contributed by atoms with Crippen LogP contribution in [-0.2, 0) is 16.8 Å². The van der Waals surface area contributed by atoms with Crippen LogP contribution in [0.25, 0.3) is 56.0 Å². The molecule has 6 aromatic carbocycles. The molecule has 0 atom stereocenters. The molecule has 2 N–H and O–H groups in total. The number of hydrogen-bond acceptors (Lipinski definition) is 0. The maximum Gasteiger partial charge on any atom is 2.00 e. The second kappa shape index (κ2) is 26.2.